The fourth-order valence-corrected chi connectivity index (χ4v) is 6.11. The summed E-state index contributed by atoms with van der Waals surface area (Å²) < 4.78 is 34.8. The Balaban J connectivity index is 1.70. The third-order valence-electron chi connectivity index (χ3n) is 6.72. The summed E-state index contributed by atoms with van der Waals surface area (Å²) in [5, 5.41) is 26.7. The van der Waals surface area contributed by atoms with Gasteiger partial charge in [0.15, 0.2) is 6.19 Å². The van der Waals surface area contributed by atoms with Gasteiger partial charge in [-0.3, -0.25) is 5.32 Å². The molecule has 210 valence electrons. The second kappa shape index (κ2) is 12.3. The first kappa shape index (κ1) is 29.4. The molecule has 0 aromatic heterocycles. The Kier molecular flexibility index (Phi) is 9.01. The molecule has 1 heterocycles. The number of sulfonamides is 1. The molecule has 3 N–H and O–H groups in total. The molecule has 0 fully saturated rings. The van der Waals surface area contributed by atoms with E-state index in [9.17, 15) is 18.8 Å². The summed E-state index contributed by atoms with van der Waals surface area (Å²) in [5.74, 6) is 0.474. The SMILES string of the molecule is CCN(CCc1ccccc1)S(=O)(=O)c1ccc2c(c1)C(/N=C(/NC#N)Nc1ccc(Cl)cc1)C(O)C(C)(C)O2. The number of aliphatic hydroxyl groups excluding tert-OH is 1. The van der Waals surface area contributed by atoms with E-state index in [1.54, 1.807) is 51.1 Å². The minimum Gasteiger partial charge on any atom is -0.485 e. The van der Waals surface area contributed by atoms with Gasteiger partial charge in [0.05, 0.1) is 4.90 Å². The van der Waals surface area contributed by atoms with Crippen LogP contribution < -0.4 is 15.4 Å². The van der Waals surface area contributed by atoms with E-state index in [4.69, 9.17) is 16.3 Å². The van der Waals surface area contributed by atoms with Gasteiger partial charge in [0.25, 0.3) is 0 Å². The third kappa shape index (κ3) is 6.57. The highest BCUT2D eigenvalue weighted by Crippen LogP contribution is 2.43. The highest BCUT2D eigenvalue weighted by Gasteiger charge is 2.44. The first-order valence-electron chi connectivity index (χ1n) is 12.9. The number of guanidine groups is 1. The second-order valence-corrected chi connectivity index (χ2v) is 12.2. The molecule has 0 spiro atoms. The van der Waals surface area contributed by atoms with Gasteiger partial charge < -0.3 is 15.2 Å². The maximum Gasteiger partial charge on any atom is 0.243 e. The fraction of sp³-hybridized carbons (Fsp3) is 0.310. The molecule has 9 nitrogen and oxygen atoms in total. The Morgan fingerprint density at radius 3 is 2.50 bits per heavy atom. The number of aliphatic hydroxyl groups is 1. The number of nitrogens with zero attached hydrogens (tertiary/aromatic N) is 3. The summed E-state index contributed by atoms with van der Waals surface area (Å²) in [7, 11) is -3.86. The Bertz CT molecular complexity index is 1510. The van der Waals surface area contributed by atoms with Gasteiger partial charge in [0, 0.05) is 29.4 Å². The average Bonchev–Trinajstić information content (AvgIpc) is 2.93. The van der Waals surface area contributed by atoms with Gasteiger partial charge in [-0.1, -0.05) is 48.9 Å². The molecule has 0 saturated heterocycles. The predicted octanol–water partition coefficient (Wildman–Crippen LogP) is 4.71. The maximum atomic E-state index is 13.7. The van der Waals surface area contributed by atoms with Crippen LogP contribution >= 0.6 is 11.6 Å². The smallest absolute Gasteiger partial charge is 0.243 e. The van der Waals surface area contributed by atoms with E-state index in [0.29, 0.717) is 41.5 Å². The molecule has 0 aliphatic carbocycles. The number of rotatable bonds is 8. The molecular formula is C29H32ClN5O4S. The Hall–Kier alpha value is -3.62. The summed E-state index contributed by atoms with van der Waals surface area (Å²) >= 11 is 5.98. The zero-order valence-corrected chi connectivity index (χ0v) is 24.1. The maximum absolute atomic E-state index is 13.7. The highest BCUT2D eigenvalue weighted by atomic mass is 35.5. The summed E-state index contributed by atoms with van der Waals surface area (Å²) in [5.41, 5.74) is 1.01. The lowest BCUT2D eigenvalue weighted by Gasteiger charge is -2.41. The van der Waals surface area contributed by atoms with Crippen LogP contribution in [0.1, 0.15) is 37.9 Å². The highest BCUT2D eigenvalue weighted by molar-refractivity contribution is 7.89. The number of aliphatic imine (C=N–C) groups is 1. The van der Waals surface area contributed by atoms with Crippen molar-refractivity contribution < 1.29 is 18.3 Å². The van der Waals surface area contributed by atoms with Crippen LogP contribution in [0.4, 0.5) is 5.69 Å². The number of ether oxygens (including phenoxy) is 1. The number of anilines is 1. The van der Waals surface area contributed by atoms with E-state index in [0.717, 1.165) is 5.56 Å². The van der Waals surface area contributed by atoms with Crippen molar-refractivity contribution in [2.75, 3.05) is 18.4 Å². The number of hydrogen-bond donors (Lipinski definition) is 3. The minimum absolute atomic E-state index is 0.0670. The van der Waals surface area contributed by atoms with Crippen LogP contribution in [0.5, 0.6) is 5.75 Å². The number of likely N-dealkylation sites (N-methyl/N-ethyl adjacent to an activating group) is 1. The van der Waals surface area contributed by atoms with E-state index in [-0.39, 0.29) is 10.9 Å². The van der Waals surface area contributed by atoms with Crippen molar-refractivity contribution in [3.63, 3.8) is 0 Å². The first-order valence-corrected chi connectivity index (χ1v) is 14.7. The first-order chi connectivity index (χ1) is 19.0. The van der Waals surface area contributed by atoms with E-state index in [2.05, 4.69) is 15.6 Å². The second-order valence-electron chi connectivity index (χ2n) is 9.87. The topological polar surface area (TPSA) is 127 Å². The van der Waals surface area contributed by atoms with Gasteiger partial charge >= 0.3 is 0 Å². The molecule has 3 aromatic carbocycles. The van der Waals surface area contributed by atoms with E-state index >= 15 is 0 Å². The lowest BCUT2D eigenvalue weighted by atomic mass is 9.87. The molecule has 1 aliphatic rings. The molecule has 2 atom stereocenters. The predicted molar refractivity (Wildman–Crippen MR) is 156 cm³/mol. The quantitative estimate of drug-likeness (QED) is 0.152. The van der Waals surface area contributed by atoms with Gasteiger partial charge in [-0.15, -0.1) is 0 Å². The van der Waals surface area contributed by atoms with Crippen molar-refractivity contribution in [1.29, 1.82) is 5.26 Å². The molecule has 4 rings (SSSR count). The van der Waals surface area contributed by atoms with Crippen LogP contribution in [0.15, 0.2) is 82.7 Å². The fourth-order valence-electron chi connectivity index (χ4n) is 4.50. The van der Waals surface area contributed by atoms with Crippen molar-refractivity contribution in [1.82, 2.24) is 9.62 Å². The Morgan fingerprint density at radius 2 is 1.85 bits per heavy atom. The zero-order valence-electron chi connectivity index (χ0n) is 22.5. The van der Waals surface area contributed by atoms with Crippen LogP contribution in [0.3, 0.4) is 0 Å². The number of nitriles is 1. The van der Waals surface area contributed by atoms with E-state index < -0.39 is 27.8 Å². The third-order valence-corrected chi connectivity index (χ3v) is 8.94. The molecule has 40 heavy (non-hydrogen) atoms. The monoisotopic (exact) mass is 581 g/mol. The van der Waals surface area contributed by atoms with Crippen LogP contribution in [0.25, 0.3) is 0 Å². The van der Waals surface area contributed by atoms with E-state index in [1.165, 1.54) is 16.4 Å². The van der Waals surface area contributed by atoms with E-state index in [1.807, 2.05) is 36.5 Å². The molecule has 0 saturated carbocycles. The molecule has 2 unspecified atom stereocenters. The van der Waals surface area contributed by atoms with Gasteiger partial charge in [-0.25, -0.2) is 13.4 Å². The van der Waals surface area contributed by atoms with Crippen molar-refractivity contribution in [3.05, 3.63) is 88.9 Å². The summed E-state index contributed by atoms with van der Waals surface area (Å²) in [6.07, 6.45) is 1.27. The lowest BCUT2D eigenvalue weighted by Crippen LogP contribution is -2.49. The normalized spacial score (nSPS) is 18.4. The van der Waals surface area contributed by atoms with Gasteiger partial charge in [0.2, 0.25) is 16.0 Å². The molecule has 0 bridgehead atoms. The summed E-state index contributed by atoms with van der Waals surface area (Å²) in [6.45, 7) is 5.85. The standard InChI is InChI=1S/C29H32ClN5O4S/c1-4-35(17-16-20-8-6-5-7-9-20)40(37,38)23-14-15-25-24(18-23)26(27(36)29(2,3)39-25)34-28(32-19-31)33-22-12-10-21(30)11-13-22/h5-15,18,26-27,36H,4,16-17H2,1-3H3,(H2,32,33,34). The number of benzene rings is 3. The molecular weight excluding hydrogens is 550 g/mol. The van der Waals surface area contributed by atoms with Crippen LogP contribution in [0.2, 0.25) is 5.02 Å². The van der Waals surface area contributed by atoms with Crippen molar-refractivity contribution in [2.24, 2.45) is 4.99 Å². The van der Waals surface area contributed by atoms with Crippen LogP contribution in [-0.4, -0.2) is 48.6 Å². The molecule has 1 aliphatic heterocycles. The van der Waals surface area contributed by atoms with Crippen LogP contribution in [0, 0.1) is 11.5 Å². The number of halogens is 1. The molecule has 11 heteroatoms. The largest absolute Gasteiger partial charge is 0.485 e. The summed E-state index contributed by atoms with van der Waals surface area (Å²) in [6, 6.07) is 20.2. The number of nitrogens with one attached hydrogen (secondary N) is 2. The van der Waals surface area contributed by atoms with Crippen LogP contribution in [-0.2, 0) is 16.4 Å². The lowest BCUT2D eigenvalue weighted by molar-refractivity contribution is -0.0568. The van der Waals surface area contributed by atoms with Crippen molar-refractivity contribution >= 4 is 33.3 Å². The Morgan fingerprint density at radius 1 is 1.15 bits per heavy atom. The van der Waals surface area contributed by atoms with Crippen molar-refractivity contribution in [2.45, 2.75) is 49.8 Å². The number of hydrogen-bond acceptors (Lipinski definition) is 6. The van der Waals surface area contributed by atoms with Gasteiger partial charge in [-0.05, 0) is 68.3 Å². The summed E-state index contributed by atoms with van der Waals surface area (Å²) in [4.78, 5) is 4.69. The van der Waals surface area contributed by atoms with Gasteiger partial charge in [0.1, 0.15) is 23.5 Å². The minimum atomic E-state index is -3.86. The number of fused-ring (bicyclic) bond motifs is 1. The molecule has 0 radical (unpaired) electrons. The molecule has 3 aromatic rings. The Labute approximate surface area is 240 Å². The zero-order chi connectivity index (χ0) is 28.9. The van der Waals surface area contributed by atoms with Crippen molar-refractivity contribution in [3.8, 4) is 11.9 Å². The average molecular weight is 582 g/mol. The van der Waals surface area contributed by atoms with Gasteiger partial charge in [-0.2, -0.15) is 9.57 Å². The molecule has 0 amide bonds.